The Kier molecular flexibility index (Phi) is 6.29. The van der Waals surface area contributed by atoms with Crippen molar-refractivity contribution in [2.75, 3.05) is 44.3 Å². The van der Waals surface area contributed by atoms with Crippen molar-refractivity contribution in [1.29, 1.82) is 0 Å². The monoisotopic (exact) mass is 436 g/mol. The van der Waals surface area contributed by atoms with E-state index in [1.807, 2.05) is 19.9 Å². The highest BCUT2D eigenvalue weighted by atomic mass is 79.9. The Morgan fingerprint density at radius 3 is 2.52 bits per heavy atom. The van der Waals surface area contributed by atoms with Gasteiger partial charge in [0.25, 0.3) is 5.78 Å². The molecule has 8 heteroatoms. The fourth-order valence-corrected chi connectivity index (χ4v) is 3.89. The molecule has 1 aromatic rings. The summed E-state index contributed by atoms with van der Waals surface area (Å²) in [4.78, 5) is 42.5. The van der Waals surface area contributed by atoms with Gasteiger partial charge in [-0.05, 0) is 41.4 Å². The van der Waals surface area contributed by atoms with Gasteiger partial charge in [-0.15, -0.1) is 0 Å². The van der Waals surface area contributed by atoms with Crippen molar-refractivity contribution in [3.63, 3.8) is 0 Å². The van der Waals surface area contributed by atoms with Crippen LogP contribution in [0, 0.1) is 0 Å². The molecular formula is C19H25BrN4O3. The zero-order chi connectivity index (χ0) is 19.6. The van der Waals surface area contributed by atoms with Crippen molar-refractivity contribution < 1.29 is 14.4 Å². The third-order valence-electron chi connectivity index (χ3n) is 5.14. The third kappa shape index (κ3) is 4.39. The average Bonchev–Trinajstić information content (AvgIpc) is 2.89. The summed E-state index contributed by atoms with van der Waals surface area (Å²) in [5.74, 6) is -0.887. The molecule has 146 valence electrons. The summed E-state index contributed by atoms with van der Waals surface area (Å²) in [6, 6.07) is 5.60. The van der Waals surface area contributed by atoms with Crippen LogP contribution >= 0.6 is 15.9 Å². The van der Waals surface area contributed by atoms with E-state index >= 15 is 0 Å². The smallest absolute Gasteiger partial charge is 0.300 e. The number of anilines is 1. The number of ketones is 1. The lowest BCUT2D eigenvalue weighted by atomic mass is 10.1. The average molecular weight is 437 g/mol. The standard InChI is InChI=1S/C19H25BrN4O3/c1-3-13(2)21-16(25)11-22-7-9-23(10-8-22)12-24-15-6-4-5-14(20)17(15)18(26)19(24)27/h4-6,13H,3,7-12H2,1-2H3,(H,21,25)/t13-/m1/s1. The number of hydrogen-bond donors (Lipinski definition) is 1. The van der Waals surface area contributed by atoms with E-state index in [9.17, 15) is 14.4 Å². The van der Waals surface area contributed by atoms with Gasteiger partial charge in [0, 0.05) is 36.7 Å². The first-order valence-corrected chi connectivity index (χ1v) is 10.1. The van der Waals surface area contributed by atoms with Crippen molar-refractivity contribution in [3.05, 3.63) is 28.2 Å². The Balaban J connectivity index is 1.54. The third-order valence-corrected chi connectivity index (χ3v) is 5.80. The zero-order valence-electron chi connectivity index (χ0n) is 15.7. The van der Waals surface area contributed by atoms with E-state index in [-0.39, 0.29) is 11.9 Å². The van der Waals surface area contributed by atoms with E-state index in [0.29, 0.717) is 28.9 Å². The number of piperazine rings is 1. The molecule has 3 rings (SSSR count). The predicted molar refractivity (Wildman–Crippen MR) is 107 cm³/mol. The number of nitrogens with one attached hydrogen (secondary N) is 1. The van der Waals surface area contributed by atoms with Gasteiger partial charge in [-0.3, -0.25) is 29.1 Å². The van der Waals surface area contributed by atoms with Crippen LogP contribution in [0.5, 0.6) is 0 Å². The maximum absolute atomic E-state index is 12.4. The number of halogens is 1. The number of benzene rings is 1. The van der Waals surface area contributed by atoms with E-state index < -0.39 is 11.7 Å². The molecule has 0 unspecified atom stereocenters. The molecule has 1 atom stereocenters. The summed E-state index contributed by atoms with van der Waals surface area (Å²) < 4.78 is 0.651. The molecule has 0 saturated carbocycles. The first-order chi connectivity index (χ1) is 12.9. The highest BCUT2D eigenvalue weighted by Crippen LogP contribution is 2.34. The second kappa shape index (κ2) is 8.50. The summed E-state index contributed by atoms with van der Waals surface area (Å²) in [5.41, 5.74) is 1.11. The number of amides is 2. The summed E-state index contributed by atoms with van der Waals surface area (Å²) in [6.45, 7) is 7.85. The quantitative estimate of drug-likeness (QED) is 0.683. The summed E-state index contributed by atoms with van der Waals surface area (Å²) >= 11 is 3.36. The highest BCUT2D eigenvalue weighted by molar-refractivity contribution is 9.10. The summed E-state index contributed by atoms with van der Waals surface area (Å²) in [5, 5.41) is 2.98. The molecule has 0 aliphatic carbocycles. The first-order valence-electron chi connectivity index (χ1n) is 9.29. The minimum absolute atomic E-state index is 0.0527. The molecule has 0 bridgehead atoms. The van der Waals surface area contributed by atoms with Crippen molar-refractivity contribution >= 4 is 39.2 Å². The van der Waals surface area contributed by atoms with Crippen LogP contribution in [0.1, 0.15) is 30.6 Å². The Bertz CT molecular complexity index is 746. The Morgan fingerprint density at radius 1 is 1.19 bits per heavy atom. The zero-order valence-corrected chi connectivity index (χ0v) is 17.3. The molecule has 1 fully saturated rings. The minimum atomic E-state index is -0.479. The van der Waals surface area contributed by atoms with E-state index in [4.69, 9.17) is 0 Å². The molecule has 0 spiro atoms. The fourth-order valence-electron chi connectivity index (χ4n) is 3.36. The predicted octanol–water partition coefficient (Wildman–Crippen LogP) is 1.47. The number of hydrogen-bond acceptors (Lipinski definition) is 5. The van der Waals surface area contributed by atoms with Gasteiger partial charge in [0.05, 0.1) is 24.5 Å². The Morgan fingerprint density at radius 2 is 1.85 bits per heavy atom. The molecule has 2 aliphatic heterocycles. The van der Waals surface area contributed by atoms with Crippen LogP contribution in [-0.2, 0) is 9.59 Å². The van der Waals surface area contributed by atoms with Crippen LogP contribution in [-0.4, -0.2) is 72.8 Å². The molecule has 2 amide bonds. The van der Waals surface area contributed by atoms with Crippen molar-refractivity contribution in [3.8, 4) is 0 Å². The van der Waals surface area contributed by atoms with Gasteiger partial charge in [-0.25, -0.2) is 0 Å². The Hall–Kier alpha value is -1.77. The number of nitrogens with zero attached hydrogens (tertiary/aromatic N) is 3. The van der Waals surface area contributed by atoms with Crippen LogP contribution in [0.4, 0.5) is 5.69 Å². The maximum Gasteiger partial charge on any atom is 0.300 e. The van der Waals surface area contributed by atoms with Gasteiger partial charge in [-0.1, -0.05) is 13.0 Å². The van der Waals surface area contributed by atoms with E-state index in [1.54, 1.807) is 17.0 Å². The molecule has 1 N–H and O–H groups in total. The molecule has 2 heterocycles. The van der Waals surface area contributed by atoms with Gasteiger partial charge in [0.2, 0.25) is 5.91 Å². The summed E-state index contributed by atoms with van der Waals surface area (Å²) in [6.07, 6.45) is 0.916. The molecule has 27 heavy (non-hydrogen) atoms. The molecular weight excluding hydrogens is 412 g/mol. The molecule has 1 aromatic carbocycles. The van der Waals surface area contributed by atoms with Gasteiger partial charge in [0.1, 0.15) is 0 Å². The fraction of sp³-hybridized carbons (Fsp3) is 0.526. The Labute approximate surface area is 167 Å². The number of carbonyl (C=O) groups is 3. The SMILES string of the molecule is CC[C@@H](C)NC(=O)CN1CCN(CN2C(=O)C(=O)c3c(Br)cccc32)CC1. The molecule has 0 aromatic heterocycles. The van der Waals surface area contributed by atoms with E-state index in [1.165, 1.54) is 0 Å². The minimum Gasteiger partial charge on any atom is -0.353 e. The normalized spacial score (nSPS) is 19.3. The van der Waals surface area contributed by atoms with Crippen molar-refractivity contribution in [2.24, 2.45) is 0 Å². The van der Waals surface area contributed by atoms with Crippen LogP contribution < -0.4 is 10.2 Å². The topological polar surface area (TPSA) is 73.0 Å². The van der Waals surface area contributed by atoms with Gasteiger partial charge < -0.3 is 5.32 Å². The van der Waals surface area contributed by atoms with Crippen LogP contribution in [0.15, 0.2) is 22.7 Å². The lowest BCUT2D eigenvalue weighted by molar-refractivity contribution is -0.123. The van der Waals surface area contributed by atoms with E-state index in [0.717, 1.165) is 32.6 Å². The van der Waals surface area contributed by atoms with Crippen LogP contribution in [0.2, 0.25) is 0 Å². The largest absolute Gasteiger partial charge is 0.353 e. The molecule has 2 aliphatic rings. The van der Waals surface area contributed by atoms with E-state index in [2.05, 4.69) is 31.0 Å². The van der Waals surface area contributed by atoms with Gasteiger partial charge in [-0.2, -0.15) is 0 Å². The molecule has 1 saturated heterocycles. The lowest BCUT2D eigenvalue weighted by Gasteiger charge is -2.36. The van der Waals surface area contributed by atoms with Crippen molar-refractivity contribution in [2.45, 2.75) is 26.3 Å². The van der Waals surface area contributed by atoms with Crippen LogP contribution in [0.3, 0.4) is 0 Å². The van der Waals surface area contributed by atoms with Gasteiger partial charge in [0.15, 0.2) is 0 Å². The number of rotatable bonds is 6. The number of fused-ring (bicyclic) bond motifs is 1. The lowest BCUT2D eigenvalue weighted by Crippen LogP contribution is -2.53. The van der Waals surface area contributed by atoms with Gasteiger partial charge >= 0.3 is 5.91 Å². The van der Waals surface area contributed by atoms with Crippen molar-refractivity contribution in [1.82, 2.24) is 15.1 Å². The molecule has 0 radical (unpaired) electrons. The first kappa shape index (κ1) is 20.0. The highest BCUT2D eigenvalue weighted by Gasteiger charge is 2.38. The second-order valence-corrected chi connectivity index (χ2v) is 7.96. The van der Waals surface area contributed by atoms with Crippen LogP contribution in [0.25, 0.3) is 0 Å². The number of Topliss-reactive ketones (excluding diaryl/α,β-unsaturated/α-hetero) is 1. The number of carbonyl (C=O) groups excluding carboxylic acids is 3. The summed E-state index contributed by atoms with van der Waals surface area (Å²) in [7, 11) is 0. The molecule has 7 nitrogen and oxygen atoms in total. The second-order valence-electron chi connectivity index (χ2n) is 7.11. The maximum atomic E-state index is 12.4.